The van der Waals surface area contributed by atoms with Gasteiger partial charge in [-0.3, -0.25) is 9.97 Å². The van der Waals surface area contributed by atoms with Crippen molar-refractivity contribution in [2.24, 2.45) is 0 Å². The van der Waals surface area contributed by atoms with Gasteiger partial charge in [0.2, 0.25) is 0 Å². The Morgan fingerprint density at radius 2 is 0.435 bits per heavy atom. The molecule has 0 saturated carbocycles. The van der Waals surface area contributed by atoms with Gasteiger partial charge in [-0.15, -0.1) is 34.0 Å². The van der Waals surface area contributed by atoms with Crippen LogP contribution in [-0.2, 0) is 0 Å². The molecular weight excluding hydrogens is 1450 g/mol. The lowest BCUT2D eigenvalue weighted by Crippen LogP contribution is -1.96. The van der Waals surface area contributed by atoms with Crippen molar-refractivity contribution in [3.05, 3.63) is 363 Å². The van der Waals surface area contributed by atoms with Crippen LogP contribution in [0.2, 0.25) is 0 Å². The molecule has 18 aromatic carbocycles. The van der Waals surface area contributed by atoms with E-state index in [0.29, 0.717) is 0 Å². The topological polar surface area (TPSA) is 77.3 Å². The average Bonchev–Trinajstić information content (AvgIpc) is 1.73. The van der Waals surface area contributed by atoms with Gasteiger partial charge in [-0.1, -0.05) is 273 Å². The Balaban J connectivity index is 0.000000105. The number of nitrogens with zero attached hydrogens (tertiary/aromatic N) is 6. The van der Waals surface area contributed by atoms with Crippen LogP contribution < -0.4 is 0 Å². The van der Waals surface area contributed by atoms with Gasteiger partial charge in [0, 0.05) is 105 Å². The van der Waals surface area contributed by atoms with E-state index in [9.17, 15) is 0 Å². The zero-order valence-corrected chi connectivity index (χ0v) is 65.7. The van der Waals surface area contributed by atoms with Gasteiger partial charge in [-0.05, 0) is 181 Å². The first-order chi connectivity index (χ1) is 56.6. The monoisotopic (exact) mass is 1520 g/mol. The minimum Gasteiger partial charge on any atom is -0.252 e. The summed E-state index contributed by atoms with van der Waals surface area (Å²) in [6.07, 6.45) is 3.72. The Morgan fingerprint density at radius 1 is 0.183 bits per heavy atom. The zero-order valence-electron chi connectivity index (χ0n) is 63.2. The summed E-state index contributed by atoms with van der Waals surface area (Å²) in [5.41, 5.74) is 24.5. The molecule has 6 nitrogen and oxygen atoms in total. The summed E-state index contributed by atoms with van der Waals surface area (Å²) in [6, 6.07) is 119. The maximum absolute atomic E-state index is 5.00. The molecule has 9 heteroatoms. The van der Waals surface area contributed by atoms with E-state index < -0.39 is 0 Å². The summed E-state index contributed by atoms with van der Waals surface area (Å²) in [4.78, 5) is 29.3. The molecule has 115 heavy (non-hydrogen) atoms. The van der Waals surface area contributed by atoms with E-state index in [-0.39, 0.29) is 0 Å². The first-order valence-corrected chi connectivity index (χ1v) is 41.4. The molecular formula is C106H68N6S3. The molecule has 24 rings (SSSR count). The van der Waals surface area contributed by atoms with Crippen LogP contribution in [0.15, 0.2) is 340 Å². The number of hydrogen-bond donors (Lipinski definition) is 0. The summed E-state index contributed by atoms with van der Waals surface area (Å²) in [6.45, 7) is 8.08. The SMILES string of the molecule is Cc1cnc2c3ccc(-c4cccc(-c5cccc6c5sc5ccccc56)c4)cc3c3ccccc3c2n1.Cc1cnc2c3ccccc3c3cc(-c4cccc(-c5cccc6c5sc5ccccc56)c4)ccc3c2n1.Cc1nc2c3ccccc3c3cc(-c4cccc(-c5cccc6c5sc5ccccc56)c4)ccc3c2nc1C. The van der Waals surface area contributed by atoms with Crippen LogP contribution in [0.5, 0.6) is 0 Å². The molecule has 0 aliphatic heterocycles. The van der Waals surface area contributed by atoms with Gasteiger partial charge in [0.1, 0.15) is 0 Å². The molecule has 6 heterocycles. The van der Waals surface area contributed by atoms with Crippen molar-refractivity contribution in [1.82, 2.24) is 29.9 Å². The molecule has 0 bridgehead atoms. The maximum atomic E-state index is 5.00. The van der Waals surface area contributed by atoms with Crippen molar-refractivity contribution in [2.75, 3.05) is 0 Å². The Hall–Kier alpha value is -13.8. The Labute approximate surface area is 674 Å². The van der Waals surface area contributed by atoms with E-state index in [2.05, 4.69) is 328 Å². The highest BCUT2D eigenvalue weighted by atomic mass is 32.1. The molecule has 24 aromatic rings. The fourth-order valence-electron chi connectivity index (χ4n) is 17.5. The van der Waals surface area contributed by atoms with Crippen molar-refractivity contribution < 1.29 is 0 Å². The van der Waals surface area contributed by atoms with Crippen molar-refractivity contribution in [2.45, 2.75) is 27.7 Å². The molecule has 0 spiro atoms. The molecule has 0 fully saturated rings. The molecule has 0 aliphatic rings. The number of aromatic nitrogens is 6. The highest BCUT2D eigenvalue weighted by molar-refractivity contribution is 7.27. The van der Waals surface area contributed by atoms with Crippen LogP contribution in [0, 0.1) is 27.7 Å². The van der Waals surface area contributed by atoms with E-state index >= 15 is 0 Å². The number of thiophene rings is 3. The smallest absolute Gasteiger partial charge is 0.0975 e. The van der Waals surface area contributed by atoms with Gasteiger partial charge < -0.3 is 0 Å². The lowest BCUT2D eigenvalue weighted by Gasteiger charge is -2.13. The first-order valence-electron chi connectivity index (χ1n) is 38.9. The van der Waals surface area contributed by atoms with Gasteiger partial charge in [0.15, 0.2) is 0 Å². The van der Waals surface area contributed by atoms with Gasteiger partial charge in [0.25, 0.3) is 0 Å². The fourth-order valence-corrected chi connectivity index (χ4v) is 21.2. The van der Waals surface area contributed by atoms with Crippen LogP contribution in [0.4, 0.5) is 0 Å². The third-order valence-corrected chi connectivity index (χ3v) is 26.7. The van der Waals surface area contributed by atoms with Crippen LogP contribution in [0.3, 0.4) is 0 Å². The molecule has 0 atom stereocenters. The van der Waals surface area contributed by atoms with E-state index in [1.54, 1.807) is 0 Å². The first kappa shape index (κ1) is 68.0. The number of rotatable bonds is 6. The molecule has 0 unspecified atom stereocenters. The summed E-state index contributed by atoms with van der Waals surface area (Å²) in [5, 5.41) is 22.1. The van der Waals surface area contributed by atoms with E-state index in [1.165, 1.54) is 160 Å². The van der Waals surface area contributed by atoms with Gasteiger partial charge in [-0.2, -0.15) is 0 Å². The molecule has 6 aromatic heterocycles. The normalized spacial score (nSPS) is 11.8. The molecule has 540 valence electrons. The highest BCUT2D eigenvalue weighted by Gasteiger charge is 2.20. The maximum Gasteiger partial charge on any atom is 0.0975 e. The number of aryl methyl sites for hydroxylation is 4. The van der Waals surface area contributed by atoms with E-state index in [4.69, 9.17) is 29.9 Å². The van der Waals surface area contributed by atoms with E-state index in [0.717, 1.165) is 88.2 Å². The van der Waals surface area contributed by atoms with Crippen LogP contribution in [-0.4, -0.2) is 29.9 Å². The van der Waals surface area contributed by atoms with E-state index in [1.807, 2.05) is 74.1 Å². The van der Waals surface area contributed by atoms with Crippen molar-refractivity contribution in [1.29, 1.82) is 0 Å². The fraction of sp³-hybridized carbons (Fsp3) is 0.0377. The number of benzene rings is 18. The lowest BCUT2D eigenvalue weighted by atomic mass is 9.94. The van der Waals surface area contributed by atoms with Crippen LogP contribution in [0.1, 0.15) is 22.8 Å². The molecule has 0 saturated heterocycles. The molecule has 0 radical (unpaired) electrons. The summed E-state index contributed by atoms with van der Waals surface area (Å²) in [7, 11) is 0. The van der Waals surface area contributed by atoms with Crippen molar-refractivity contribution in [3.63, 3.8) is 0 Å². The quantitative estimate of drug-likeness (QED) is 0.154. The van der Waals surface area contributed by atoms with Crippen LogP contribution in [0.25, 0.3) is 225 Å². The third kappa shape index (κ3) is 11.6. The van der Waals surface area contributed by atoms with Gasteiger partial charge >= 0.3 is 0 Å². The van der Waals surface area contributed by atoms with Crippen LogP contribution >= 0.6 is 34.0 Å². The average molecular weight is 1520 g/mol. The standard InChI is InChI=1S/C36H24N2S.2C35H22N2S/c1-21-22(2)38-35-30-18-17-24(20-32(30)27-11-3-4-13-29(27)34(35)37-21)23-9-7-10-25(19-23)26-14-8-15-31-28-12-5-6-16-33(28)39-36(26)31;1-21-20-36-33-29-17-16-23(19-31(29)26-10-2-3-12-28(26)34(33)37-21)22-8-6-9-24(18-22)25-13-7-14-30-27-11-4-5-15-32(27)38-35(25)30;1-21-20-36-33-28-12-3-2-10-26(28)31-19-23(16-17-29(31)34(33)37-21)22-8-6-9-24(18-22)25-13-7-14-30-27-11-4-5-15-32(27)38-35(25)30/h3-20H,1-2H3;2*2-20H,1H3. The molecule has 0 N–H and O–H groups in total. The minimum atomic E-state index is 0.932. The predicted octanol–water partition coefficient (Wildman–Crippen LogP) is 30.1. The largest absolute Gasteiger partial charge is 0.252 e. The van der Waals surface area contributed by atoms with Crippen molar-refractivity contribution >= 4 is 192 Å². The summed E-state index contributed by atoms with van der Waals surface area (Å²) in [5.74, 6) is 0. The second-order valence-electron chi connectivity index (χ2n) is 30.0. The lowest BCUT2D eigenvalue weighted by molar-refractivity contribution is 1.11. The second-order valence-corrected chi connectivity index (χ2v) is 33.2. The predicted molar refractivity (Wildman–Crippen MR) is 494 cm³/mol. The Kier molecular flexibility index (Phi) is 16.3. The molecule has 0 amide bonds. The Morgan fingerprint density at radius 3 is 0.783 bits per heavy atom. The number of hydrogen-bond acceptors (Lipinski definition) is 9. The molecule has 0 aliphatic carbocycles. The zero-order chi connectivity index (χ0) is 76.5. The third-order valence-electron chi connectivity index (χ3n) is 23.1. The Bertz CT molecular complexity index is 8170. The highest BCUT2D eigenvalue weighted by Crippen LogP contribution is 2.47. The van der Waals surface area contributed by atoms with Gasteiger partial charge in [-0.25, -0.2) is 19.9 Å². The summed E-state index contributed by atoms with van der Waals surface area (Å²) < 4.78 is 8.02. The van der Waals surface area contributed by atoms with Gasteiger partial charge in [0.05, 0.1) is 55.9 Å². The number of fused-ring (bicyclic) bond motifs is 27. The second kappa shape index (κ2) is 27.5. The minimum absolute atomic E-state index is 0.932. The summed E-state index contributed by atoms with van der Waals surface area (Å²) >= 11 is 5.63. The van der Waals surface area contributed by atoms with Crippen molar-refractivity contribution in [3.8, 4) is 66.8 Å².